The second-order valence-electron chi connectivity index (χ2n) is 5.92. The number of nitrogens with two attached hydrogens (primary N) is 1. The topological polar surface area (TPSA) is 55.1 Å². The number of amides is 1. The number of nitrogens with one attached hydrogen (secondary N) is 1. The molecule has 0 aromatic heterocycles. The third-order valence-corrected chi connectivity index (χ3v) is 4.22. The molecule has 110 valence electrons. The van der Waals surface area contributed by atoms with Gasteiger partial charge in [0.2, 0.25) is 5.91 Å². The average molecular weight is 278 g/mol. The summed E-state index contributed by atoms with van der Waals surface area (Å²) in [5.74, 6) is -0.424. The van der Waals surface area contributed by atoms with Gasteiger partial charge in [-0.05, 0) is 37.0 Å². The van der Waals surface area contributed by atoms with Crippen molar-refractivity contribution >= 4 is 5.91 Å². The number of rotatable bonds is 5. The zero-order chi connectivity index (χ0) is 14.6. The van der Waals surface area contributed by atoms with Gasteiger partial charge in [-0.1, -0.05) is 31.9 Å². The molecular weight excluding hydrogens is 255 g/mol. The Labute approximate surface area is 119 Å². The summed E-state index contributed by atoms with van der Waals surface area (Å²) in [6, 6.07) is 6.42. The maximum atomic E-state index is 13.1. The Balaban J connectivity index is 1.95. The molecule has 1 fully saturated rings. The van der Waals surface area contributed by atoms with Gasteiger partial charge in [-0.3, -0.25) is 4.79 Å². The summed E-state index contributed by atoms with van der Waals surface area (Å²) >= 11 is 0. The minimum absolute atomic E-state index is 0.0154. The zero-order valence-corrected chi connectivity index (χ0v) is 12.0. The molecule has 1 atom stereocenters. The zero-order valence-electron chi connectivity index (χ0n) is 12.0. The lowest BCUT2D eigenvalue weighted by molar-refractivity contribution is -0.126. The summed E-state index contributed by atoms with van der Waals surface area (Å²) in [6.45, 7) is 2.37. The van der Waals surface area contributed by atoms with Crippen molar-refractivity contribution in [3.8, 4) is 0 Å². The molecule has 0 spiro atoms. The van der Waals surface area contributed by atoms with Crippen LogP contribution in [0.5, 0.6) is 0 Å². The van der Waals surface area contributed by atoms with Crippen LogP contribution in [0.3, 0.4) is 0 Å². The Bertz CT molecular complexity index is 469. The van der Waals surface area contributed by atoms with E-state index in [4.69, 9.17) is 5.73 Å². The van der Waals surface area contributed by atoms with Crippen LogP contribution in [0.1, 0.15) is 38.2 Å². The first-order valence-corrected chi connectivity index (χ1v) is 7.31. The van der Waals surface area contributed by atoms with Crippen LogP contribution in [-0.2, 0) is 11.2 Å². The van der Waals surface area contributed by atoms with Crippen LogP contribution in [0.2, 0.25) is 0 Å². The normalized spacial score (nSPS) is 18.8. The molecule has 1 saturated carbocycles. The Morgan fingerprint density at radius 3 is 2.75 bits per heavy atom. The van der Waals surface area contributed by atoms with Gasteiger partial charge in [0, 0.05) is 12.5 Å². The van der Waals surface area contributed by atoms with Crippen LogP contribution in [0.4, 0.5) is 4.39 Å². The van der Waals surface area contributed by atoms with E-state index in [9.17, 15) is 9.18 Å². The third-order valence-electron chi connectivity index (χ3n) is 4.22. The molecule has 0 bridgehead atoms. The Kier molecular flexibility index (Phi) is 4.76. The SMILES string of the molecule is CC(Cc1cccc(F)c1)C(=O)NC1(CN)CCCC1. The summed E-state index contributed by atoms with van der Waals surface area (Å²) in [5, 5.41) is 3.12. The highest BCUT2D eigenvalue weighted by atomic mass is 19.1. The molecule has 0 aliphatic heterocycles. The fraction of sp³-hybridized carbons (Fsp3) is 0.562. The number of halogens is 1. The van der Waals surface area contributed by atoms with Crippen molar-refractivity contribution < 1.29 is 9.18 Å². The first-order chi connectivity index (χ1) is 9.54. The van der Waals surface area contributed by atoms with E-state index in [1.54, 1.807) is 6.07 Å². The Hall–Kier alpha value is -1.42. The number of benzene rings is 1. The summed E-state index contributed by atoms with van der Waals surface area (Å²) in [4.78, 5) is 12.3. The summed E-state index contributed by atoms with van der Waals surface area (Å²) in [7, 11) is 0. The van der Waals surface area contributed by atoms with Crippen LogP contribution >= 0.6 is 0 Å². The van der Waals surface area contributed by atoms with E-state index in [0.29, 0.717) is 13.0 Å². The smallest absolute Gasteiger partial charge is 0.223 e. The van der Waals surface area contributed by atoms with Gasteiger partial charge >= 0.3 is 0 Å². The summed E-state index contributed by atoms with van der Waals surface area (Å²) in [6.07, 6.45) is 4.71. The molecule has 0 heterocycles. The molecule has 1 unspecified atom stereocenters. The lowest BCUT2D eigenvalue weighted by Crippen LogP contribution is -2.53. The second-order valence-corrected chi connectivity index (χ2v) is 5.92. The predicted molar refractivity (Wildman–Crippen MR) is 77.7 cm³/mol. The quantitative estimate of drug-likeness (QED) is 0.869. The van der Waals surface area contributed by atoms with E-state index in [1.807, 2.05) is 13.0 Å². The third kappa shape index (κ3) is 3.57. The first-order valence-electron chi connectivity index (χ1n) is 7.31. The lowest BCUT2D eigenvalue weighted by Gasteiger charge is -2.30. The highest BCUT2D eigenvalue weighted by Gasteiger charge is 2.34. The van der Waals surface area contributed by atoms with Crippen LogP contribution in [0.15, 0.2) is 24.3 Å². The average Bonchev–Trinajstić information content (AvgIpc) is 2.88. The van der Waals surface area contributed by atoms with Crippen molar-refractivity contribution in [1.29, 1.82) is 0 Å². The van der Waals surface area contributed by atoms with E-state index >= 15 is 0 Å². The summed E-state index contributed by atoms with van der Waals surface area (Å²) < 4.78 is 13.1. The molecule has 3 N–H and O–H groups in total. The maximum absolute atomic E-state index is 13.1. The van der Waals surface area contributed by atoms with Gasteiger partial charge in [0.15, 0.2) is 0 Å². The van der Waals surface area contributed by atoms with Gasteiger partial charge < -0.3 is 11.1 Å². The molecule has 1 aromatic rings. The van der Waals surface area contributed by atoms with Crippen molar-refractivity contribution in [2.24, 2.45) is 11.7 Å². The fourth-order valence-electron chi connectivity index (χ4n) is 2.93. The van der Waals surface area contributed by atoms with Crippen molar-refractivity contribution in [3.63, 3.8) is 0 Å². The van der Waals surface area contributed by atoms with E-state index in [-0.39, 0.29) is 23.2 Å². The Morgan fingerprint density at radius 1 is 1.45 bits per heavy atom. The molecule has 0 radical (unpaired) electrons. The molecule has 1 aromatic carbocycles. The van der Waals surface area contributed by atoms with E-state index < -0.39 is 0 Å². The summed E-state index contributed by atoms with van der Waals surface area (Å²) in [5.41, 5.74) is 6.46. The number of carbonyl (C=O) groups is 1. The molecule has 4 heteroatoms. The largest absolute Gasteiger partial charge is 0.349 e. The fourth-order valence-corrected chi connectivity index (χ4v) is 2.93. The maximum Gasteiger partial charge on any atom is 0.223 e. The van der Waals surface area contributed by atoms with Gasteiger partial charge in [0.05, 0.1) is 5.54 Å². The molecular formula is C16H23FN2O. The number of hydrogen-bond acceptors (Lipinski definition) is 2. The standard InChI is InChI=1S/C16H23FN2O/c1-12(9-13-5-4-6-14(17)10-13)15(20)19-16(11-18)7-2-3-8-16/h4-6,10,12H,2-3,7-9,11,18H2,1H3,(H,19,20). The van der Waals surface area contributed by atoms with Crippen LogP contribution < -0.4 is 11.1 Å². The molecule has 0 saturated heterocycles. The van der Waals surface area contributed by atoms with Crippen molar-refractivity contribution in [3.05, 3.63) is 35.6 Å². The van der Waals surface area contributed by atoms with Crippen molar-refractivity contribution in [1.82, 2.24) is 5.32 Å². The molecule has 3 nitrogen and oxygen atoms in total. The molecule has 1 amide bonds. The van der Waals surface area contributed by atoms with Gasteiger partial charge in [-0.25, -0.2) is 4.39 Å². The molecule has 2 rings (SSSR count). The van der Waals surface area contributed by atoms with Crippen molar-refractivity contribution in [2.45, 2.75) is 44.6 Å². The molecule has 20 heavy (non-hydrogen) atoms. The first kappa shape index (κ1) is 15.0. The second kappa shape index (κ2) is 6.35. The molecule has 1 aliphatic carbocycles. The van der Waals surface area contributed by atoms with Crippen molar-refractivity contribution in [2.75, 3.05) is 6.54 Å². The van der Waals surface area contributed by atoms with Gasteiger partial charge in [-0.15, -0.1) is 0 Å². The van der Waals surface area contributed by atoms with Gasteiger partial charge in [0.1, 0.15) is 5.82 Å². The highest BCUT2D eigenvalue weighted by molar-refractivity contribution is 5.79. The van der Waals surface area contributed by atoms with Crippen LogP contribution in [0.25, 0.3) is 0 Å². The minimum Gasteiger partial charge on any atom is -0.349 e. The van der Waals surface area contributed by atoms with E-state index in [2.05, 4.69) is 5.32 Å². The monoisotopic (exact) mass is 278 g/mol. The van der Waals surface area contributed by atoms with Gasteiger partial charge in [-0.2, -0.15) is 0 Å². The Morgan fingerprint density at radius 2 is 2.15 bits per heavy atom. The lowest BCUT2D eigenvalue weighted by atomic mass is 9.94. The van der Waals surface area contributed by atoms with E-state index in [0.717, 1.165) is 31.2 Å². The predicted octanol–water partition coefficient (Wildman–Crippen LogP) is 2.39. The van der Waals surface area contributed by atoms with E-state index in [1.165, 1.54) is 12.1 Å². The van der Waals surface area contributed by atoms with Gasteiger partial charge in [0.25, 0.3) is 0 Å². The van der Waals surface area contributed by atoms with Crippen LogP contribution in [0, 0.1) is 11.7 Å². The van der Waals surface area contributed by atoms with Crippen LogP contribution in [-0.4, -0.2) is 18.0 Å². The number of carbonyl (C=O) groups excluding carboxylic acids is 1. The minimum atomic E-state index is -0.260. The highest BCUT2D eigenvalue weighted by Crippen LogP contribution is 2.29. The number of hydrogen-bond donors (Lipinski definition) is 2. The molecule has 1 aliphatic rings.